The molecule has 0 spiro atoms. The van der Waals surface area contributed by atoms with Crippen molar-refractivity contribution in [1.82, 2.24) is 19.9 Å². The number of hydrogen-bond donors (Lipinski definition) is 1. The first kappa shape index (κ1) is 24.5. The molecule has 0 saturated heterocycles. The van der Waals surface area contributed by atoms with E-state index in [4.69, 9.17) is 27.9 Å². The number of pyridine rings is 1. The predicted molar refractivity (Wildman–Crippen MR) is 136 cm³/mol. The van der Waals surface area contributed by atoms with Crippen molar-refractivity contribution in [3.8, 4) is 5.88 Å². The molecule has 35 heavy (non-hydrogen) atoms. The molecule has 1 atom stereocenters. The van der Waals surface area contributed by atoms with Gasteiger partial charge in [-0.05, 0) is 23.8 Å². The van der Waals surface area contributed by atoms with E-state index < -0.39 is 6.04 Å². The Hall–Kier alpha value is -3.62. The second-order valence-electron chi connectivity index (χ2n) is 7.89. The van der Waals surface area contributed by atoms with E-state index in [9.17, 15) is 9.59 Å². The number of rotatable bonds is 8. The Balaban J connectivity index is 1.54. The molecular formula is C25H23Cl2N5O3. The molecule has 2 amide bonds. The summed E-state index contributed by atoms with van der Waals surface area (Å²) < 4.78 is 6.75. The summed E-state index contributed by atoms with van der Waals surface area (Å²) in [5, 5.41) is 3.64. The molecule has 0 radical (unpaired) electrons. The topological polar surface area (TPSA) is 89.4 Å². The Kier molecular flexibility index (Phi) is 7.53. The summed E-state index contributed by atoms with van der Waals surface area (Å²) in [6, 6.07) is 15.4. The van der Waals surface area contributed by atoms with Gasteiger partial charge in [0.15, 0.2) is 0 Å². The van der Waals surface area contributed by atoms with Crippen LogP contribution in [0.1, 0.15) is 5.56 Å². The third-order valence-electron chi connectivity index (χ3n) is 5.54. The van der Waals surface area contributed by atoms with Crippen LogP contribution in [-0.2, 0) is 22.6 Å². The molecular weight excluding hydrogens is 489 g/mol. The maximum absolute atomic E-state index is 13.4. The number of hydrogen-bond acceptors (Lipinski definition) is 5. The molecule has 0 saturated carbocycles. The highest BCUT2D eigenvalue weighted by molar-refractivity contribution is 6.42. The van der Waals surface area contributed by atoms with Gasteiger partial charge in [-0.2, -0.15) is 0 Å². The number of carbonyl (C=O) groups excluding carboxylic acids is 2. The molecule has 0 unspecified atom stereocenters. The summed E-state index contributed by atoms with van der Waals surface area (Å²) in [6.07, 6.45) is 3.41. The summed E-state index contributed by atoms with van der Waals surface area (Å²) in [6.45, 7) is -0.0408. The molecule has 2 aromatic carbocycles. The average Bonchev–Trinajstić information content (AvgIpc) is 3.24. The minimum absolute atomic E-state index is 0.0408. The van der Waals surface area contributed by atoms with Crippen molar-refractivity contribution in [2.45, 2.75) is 19.0 Å². The van der Waals surface area contributed by atoms with Crippen molar-refractivity contribution in [1.29, 1.82) is 0 Å². The predicted octanol–water partition coefficient (Wildman–Crippen LogP) is 4.14. The highest BCUT2D eigenvalue weighted by Crippen LogP contribution is 2.27. The number of nitrogens with zero attached hydrogens (tertiary/aromatic N) is 4. The summed E-state index contributed by atoms with van der Waals surface area (Å²) in [5.74, 6) is -0.178. The molecule has 4 rings (SSSR count). The molecule has 2 heterocycles. The maximum Gasteiger partial charge on any atom is 0.249 e. The summed E-state index contributed by atoms with van der Waals surface area (Å²) in [7, 11) is 3.17. The van der Waals surface area contributed by atoms with Gasteiger partial charge in [0.2, 0.25) is 17.7 Å². The van der Waals surface area contributed by atoms with Gasteiger partial charge in [-0.15, -0.1) is 0 Å². The van der Waals surface area contributed by atoms with Gasteiger partial charge in [0.05, 0.1) is 46.4 Å². The Morgan fingerprint density at radius 3 is 2.51 bits per heavy atom. The first-order valence-electron chi connectivity index (χ1n) is 10.8. The molecule has 180 valence electrons. The largest absolute Gasteiger partial charge is 0.481 e. The van der Waals surface area contributed by atoms with Gasteiger partial charge in [0.25, 0.3) is 0 Å². The maximum atomic E-state index is 13.4. The monoisotopic (exact) mass is 511 g/mol. The van der Waals surface area contributed by atoms with Gasteiger partial charge >= 0.3 is 0 Å². The number of likely N-dealkylation sites (N-methyl/N-ethyl adjacent to an activating group) is 1. The Morgan fingerprint density at radius 2 is 1.83 bits per heavy atom. The number of nitrogens with one attached hydrogen (secondary N) is 1. The lowest BCUT2D eigenvalue weighted by Gasteiger charge is -2.25. The van der Waals surface area contributed by atoms with Gasteiger partial charge in [-0.25, -0.2) is 9.97 Å². The number of methoxy groups -OCH3 is 1. The van der Waals surface area contributed by atoms with Gasteiger partial charge < -0.3 is 19.5 Å². The molecule has 2 aromatic heterocycles. The van der Waals surface area contributed by atoms with Crippen LogP contribution in [0.25, 0.3) is 11.0 Å². The smallest absolute Gasteiger partial charge is 0.249 e. The fraction of sp³-hybridized carbons (Fsp3) is 0.200. The second-order valence-corrected chi connectivity index (χ2v) is 8.71. The SMILES string of the molecule is COc1ccc(N(C)C(=O)[C@H](Cc2ccccc2)NC(=O)Cn2cnc3cc(Cl)c(Cl)cc32)cn1. The van der Waals surface area contributed by atoms with Crippen molar-refractivity contribution in [3.63, 3.8) is 0 Å². The van der Waals surface area contributed by atoms with E-state index in [1.807, 2.05) is 30.3 Å². The lowest BCUT2D eigenvalue weighted by molar-refractivity contribution is -0.127. The number of ether oxygens (including phenoxy) is 1. The van der Waals surface area contributed by atoms with Crippen molar-refractivity contribution >= 4 is 51.7 Å². The highest BCUT2D eigenvalue weighted by atomic mass is 35.5. The van der Waals surface area contributed by atoms with Crippen molar-refractivity contribution in [2.24, 2.45) is 0 Å². The quantitative estimate of drug-likeness (QED) is 0.384. The fourth-order valence-electron chi connectivity index (χ4n) is 3.68. The number of anilines is 1. The standard InChI is InChI=1S/C25H23Cl2N5O3/c1-31(17-8-9-24(35-2)28-13-17)25(34)21(10-16-6-4-3-5-7-16)30-23(33)14-32-15-29-20-11-18(26)19(27)12-22(20)32/h3-9,11-13,15,21H,10,14H2,1-2H3,(H,30,33)/t21-/m0/s1. The lowest BCUT2D eigenvalue weighted by Crippen LogP contribution is -2.49. The van der Waals surface area contributed by atoms with Crippen LogP contribution in [0.15, 0.2) is 67.1 Å². The fourth-order valence-corrected chi connectivity index (χ4v) is 3.99. The number of imidazole rings is 1. The van der Waals surface area contributed by atoms with E-state index in [1.54, 1.807) is 48.4 Å². The van der Waals surface area contributed by atoms with Crippen molar-refractivity contribution < 1.29 is 14.3 Å². The van der Waals surface area contributed by atoms with E-state index in [-0.39, 0.29) is 18.4 Å². The summed E-state index contributed by atoms with van der Waals surface area (Å²) in [4.78, 5) is 36.4. The Morgan fingerprint density at radius 1 is 1.09 bits per heavy atom. The molecule has 0 aliphatic rings. The van der Waals surface area contributed by atoms with E-state index in [1.165, 1.54) is 12.0 Å². The molecule has 0 bridgehead atoms. The van der Waals surface area contributed by atoms with Gasteiger partial charge in [0.1, 0.15) is 12.6 Å². The van der Waals surface area contributed by atoms with Gasteiger partial charge in [-0.1, -0.05) is 53.5 Å². The first-order chi connectivity index (χ1) is 16.9. The normalized spacial score (nSPS) is 11.8. The van der Waals surface area contributed by atoms with Gasteiger partial charge in [-0.3, -0.25) is 9.59 Å². The van der Waals surface area contributed by atoms with Gasteiger partial charge in [0, 0.05) is 19.5 Å². The average molecular weight is 512 g/mol. The number of fused-ring (bicyclic) bond motifs is 1. The third-order valence-corrected chi connectivity index (χ3v) is 6.26. The van der Waals surface area contributed by atoms with E-state index in [0.717, 1.165) is 5.56 Å². The highest BCUT2D eigenvalue weighted by Gasteiger charge is 2.26. The molecule has 0 fully saturated rings. The number of benzene rings is 2. The van der Waals surface area contributed by atoms with Crippen LogP contribution >= 0.6 is 23.2 Å². The summed E-state index contributed by atoms with van der Waals surface area (Å²) >= 11 is 12.2. The van der Waals surface area contributed by atoms with E-state index in [2.05, 4.69) is 15.3 Å². The zero-order valence-corrected chi connectivity index (χ0v) is 20.6. The second kappa shape index (κ2) is 10.8. The van der Waals surface area contributed by atoms with E-state index >= 15 is 0 Å². The van der Waals surface area contributed by atoms with E-state index in [0.29, 0.717) is 39.1 Å². The van der Waals surface area contributed by atoms with Crippen LogP contribution in [0.3, 0.4) is 0 Å². The molecule has 10 heteroatoms. The zero-order chi connectivity index (χ0) is 24.9. The Labute approximate surface area is 212 Å². The molecule has 4 aromatic rings. The van der Waals surface area contributed by atoms with Crippen LogP contribution in [0.5, 0.6) is 5.88 Å². The van der Waals surface area contributed by atoms with Crippen LogP contribution in [-0.4, -0.2) is 46.5 Å². The lowest BCUT2D eigenvalue weighted by atomic mass is 10.0. The third kappa shape index (κ3) is 5.72. The number of halogens is 2. The summed E-state index contributed by atoms with van der Waals surface area (Å²) in [5.41, 5.74) is 2.79. The molecule has 0 aliphatic heterocycles. The van der Waals surface area contributed by atoms with Crippen LogP contribution < -0.4 is 15.0 Å². The minimum atomic E-state index is -0.801. The molecule has 0 aliphatic carbocycles. The van der Waals surface area contributed by atoms with Crippen LogP contribution in [0.2, 0.25) is 10.0 Å². The van der Waals surface area contributed by atoms with Crippen molar-refractivity contribution in [3.05, 3.63) is 82.7 Å². The molecule has 8 nitrogen and oxygen atoms in total. The number of amides is 2. The number of aromatic nitrogens is 3. The first-order valence-corrected chi connectivity index (χ1v) is 11.5. The minimum Gasteiger partial charge on any atom is -0.481 e. The van der Waals surface area contributed by atoms with Crippen LogP contribution in [0, 0.1) is 0 Å². The molecule has 1 N–H and O–H groups in total. The zero-order valence-electron chi connectivity index (χ0n) is 19.1. The Bertz CT molecular complexity index is 1340. The van der Waals surface area contributed by atoms with Crippen molar-refractivity contribution in [2.75, 3.05) is 19.1 Å². The van der Waals surface area contributed by atoms with Crippen LogP contribution in [0.4, 0.5) is 5.69 Å². The number of carbonyl (C=O) groups is 2.